The minimum absolute atomic E-state index is 0.642. The quantitative estimate of drug-likeness (QED) is 0.516. The van der Waals surface area contributed by atoms with Crippen LogP contribution in [-0.2, 0) is 8.85 Å². The summed E-state index contributed by atoms with van der Waals surface area (Å²) in [6.45, 7) is 6.80. The van der Waals surface area contributed by atoms with Gasteiger partial charge in [0.15, 0.2) is 0 Å². The van der Waals surface area contributed by atoms with E-state index >= 15 is 0 Å². The Kier molecular flexibility index (Phi) is 9.42. The maximum Gasteiger partial charge on any atom is 0.522 e. The normalized spacial score (nSPS) is 21.4. The van der Waals surface area contributed by atoms with E-state index in [1.54, 1.807) is 0 Å². The van der Waals surface area contributed by atoms with Gasteiger partial charge in [0, 0.05) is 26.3 Å². The van der Waals surface area contributed by atoms with Crippen LogP contribution in [-0.4, -0.2) is 57.4 Å². The maximum atomic E-state index is 6.39. The first-order valence-electron chi connectivity index (χ1n) is 10.9. The highest BCUT2D eigenvalue weighted by molar-refractivity contribution is 6.61. The number of hydrogen-bond donors (Lipinski definition) is 0. The van der Waals surface area contributed by atoms with Crippen molar-refractivity contribution in [3.8, 4) is 0 Å². The number of nitrogens with zero attached hydrogens (tertiary/aromatic N) is 2. The highest BCUT2D eigenvalue weighted by Gasteiger charge is 2.54. The van der Waals surface area contributed by atoms with Gasteiger partial charge < -0.3 is 8.85 Å². The van der Waals surface area contributed by atoms with E-state index in [1.807, 2.05) is 14.2 Å². The Morgan fingerprint density at radius 1 is 0.680 bits per heavy atom. The summed E-state index contributed by atoms with van der Waals surface area (Å²) >= 11 is 0. The van der Waals surface area contributed by atoms with Crippen LogP contribution in [0, 0.1) is 0 Å². The zero-order chi connectivity index (χ0) is 18.1. The Morgan fingerprint density at radius 2 is 1.04 bits per heavy atom. The molecule has 2 aliphatic carbocycles. The van der Waals surface area contributed by atoms with E-state index in [0.29, 0.717) is 12.1 Å². The van der Waals surface area contributed by atoms with Crippen molar-refractivity contribution in [3.05, 3.63) is 0 Å². The van der Waals surface area contributed by atoms with Crippen LogP contribution < -0.4 is 0 Å². The van der Waals surface area contributed by atoms with Crippen molar-refractivity contribution < 1.29 is 8.85 Å². The topological polar surface area (TPSA) is 24.9 Å². The summed E-state index contributed by atoms with van der Waals surface area (Å²) in [5.74, 6) is 0. The lowest BCUT2D eigenvalue weighted by Gasteiger charge is -2.51. The van der Waals surface area contributed by atoms with Crippen LogP contribution in [0.4, 0.5) is 0 Å². The molecule has 4 nitrogen and oxygen atoms in total. The average Bonchev–Trinajstić information content (AvgIpc) is 2.69. The van der Waals surface area contributed by atoms with Gasteiger partial charge in [0.25, 0.3) is 0 Å². The fourth-order valence-corrected chi connectivity index (χ4v) is 8.98. The summed E-state index contributed by atoms with van der Waals surface area (Å²) < 4.78 is 18.2. The van der Waals surface area contributed by atoms with Crippen molar-refractivity contribution in [1.82, 2.24) is 9.13 Å². The first-order chi connectivity index (χ1) is 12.2. The minimum atomic E-state index is -2.55. The molecule has 0 bridgehead atoms. The second-order valence-electron chi connectivity index (χ2n) is 7.93. The lowest BCUT2D eigenvalue weighted by Crippen LogP contribution is -2.73. The van der Waals surface area contributed by atoms with Crippen LogP contribution in [0.3, 0.4) is 0 Å². The molecule has 0 amide bonds. The highest BCUT2D eigenvalue weighted by atomic mass is 28.4. The van der Waals surface area contributed by atoms with E-state index < -0.39 is 8.88 Å². The molecule has 0 saturated heterocycles. The zero-order valence-corrected chi connectivity index (χ0v) is 18.3. The second-order valence-corrected chi connectivity index (χ2v) is 11.0. The molecule has 25 heavy (non-hydrogen) atoms. The molecular formula is C20H42N2O2Si. The van der Waals surface area contributed by atoms with Crippen molar-refractivity contribution in [2.45, 2.75) is 103 Å². The summed E-state index contributed by atoms with van der Waals surface area (Å²) in [5, 5.41) is 0. The average molecular weight is 371 g/mol. The van der Waals surface area contributed by atoms with Gasteiger partial charge in [-0.3, -0.25) is 9.13 Å². The molecular weight excluding hydrogens is 328 g/mol. The van der Waals surface area contributed by atoms with Gasteiger partial charge in [0.05, 0.1) is 0 Å². The van der Waals surface area contributed by atoms with Gasteiger partial charge in [0.2, 0.25) is 0 Å². The number of rotatable bonds is 10. The van der Waals surface area contributed by atoms with Crippen molar-refractivity contribution in [2.75, 3.05) is 27.3 Å². The molecule has 2 rings (SSSR count). The van der Waals surface area contributed by atoms with E-state index in [-0.39, 0.29) is 0 Å². The fourth-order valence-electron chi connectivity index (χ4n) is 5.09. The van der Waals surface area contributed by atoms with Crippen LogP contribution in [0.5, 0.6) is 0 Å². The van der Waals surface area contributed by atoms with E-state index in [9.17, 15) is 0 Å². The number of hydrogen-bond acceptors (Lipinski definition) is 4. The van der Waals surface area contributed by atoms with Crippen LogP contribution in [0.1, 0.15) is 90.9 Å². The molecule has 0 atom stereocenters. The molecule has 2 saturated carbocycles. The molecule has 0 aromatic rings. The van der Waals surface area contributed by atoms with Crippen molar-refractivity contribution in [2.24, 2.45) is 0 Å². The van der Waals surface area contributed by atoms with Gasteiger partial charge in [-0.05, 0) is 51.6 Å². The van der Waals surface area contributed by atoms with Gasteiger partial charge in [-0.1, -0.05) is 52.4 Å². The summed E-state index contributed by atoms with van der Waals surface area (Å²) in [7, 11) is 1.27. The van der Waals surface area contributed by atoms with Gasteiger partial charge in [-0.15, -0.1) is 0 Å². The van der Waals surface area contributed by atoms with Crippen LogP contribution in [0.25, 0.3) is 0 Å². The molecule has 5 heteroatoms. The van der Waals surface area contributed by atoms with E-state index in [1.165, 1.54) is 77.0 Å². The third kappa shape index (κ3) is 5.07. The van der Waals surface area contributed by atoms with E-state index in [0.717, 1.165) is 13.1 Å². The highest BCUT2D eigenvalue weighted by Crippen LogP contribution is 2.33. The Balaban J connectivity index is 2.31. The van der Waals surface area contributed by atoms with Gasteiger partial charge in [0.1, 0.15) is 0 Å². The second kappa shape index (κ2) is 11.0. The molecule has 0 radical (unpaired) electrons. The van der Waals surface area contributed by atoms with Crippen molar-refractivity contribution in [1.29, 1.82) is 0 Å². The third-order valence-corrected chi connectivity index (χ3v) is 9.91. The Morgan fingerprint density at radius 3 is 1.32 bits per heavy atom. The molecule has 0 aromatic heterocycles. The molecule has 0 unspecified atom stereocenters. The molecule has 0 N–H and O–H groups in total. The molecule has 0 aromatic carbocycles. The van der Waals surface area contributed by atoms with Crippen LogP contribution in [0.2, 0.25) is 0 Å². The van der Waals surface area contributed by atoms with Crippen molar-refractivity contribution in [3.63, 3.8) is 0 Å². The Labute approximate surface area is 157 Å². The van der Waals surface area contributed by atoms with Crippen LogP contribution in [0.15, 0.2) is 0 Å². The van der Waals surface area contributed by atoms with E-state index in [4.69, 9.17) is 8.85 Å². The zero-order valence-electron chi connectivity index (χ0n) is 17.3. The van der Waals surface area contributed by atoms with Gasteiger partial charge in [-0.2, -0.15) is 0 Å². The Bertz CT molecular complexity index is 324. The monoisotopic (exact) mass is 370 g/mol. The van der Waals surface area contributed by atoms with Gasteiger partial charge in [-0.25, -0.2) is 0 Å². The molecule has 0 aliphatic heterocycles. The summed E-state index contributed by atoms with van der Waals surface area (Å²) in [5.41, 5.74) is 0. The first kappa shape index (κ1) is 21.4. The molecule has 0 heterocycles. The molecule has 0 spiro atoms. The third-order valence-electron chi connectivity index (χ3n) is 6.22. The lowest BCUT2D eigenvalue weighted by atomic mass is 9.95. The Hall–Kier alpha value is 0.0569. The summed E-state index contributed by atoms with van der Waals surface area (Å²) in [6.07, 6.45) is 15.8. The van der Waals surface area contributed by atoms with Gasteiger partial charge >= 0.3 is 8.88 Å². The van der Waals surface area contributed by atoms with Crippen LogP contribution >= 0.6 is 0 Å². The smallest absolute Gasteiger partial charge is 0.374 e. The summed E-state index contributed by atoms with van der Waals surface area (Å²) in [6, 6.07) is 1.28. The maximum absolute atomic E-state index is 6.39. The predicted octanol–water partition coefficient (Wildman–Crippen LogP) is 4.80. The first-order valence-corrected chi connectivity index (χ1v) is 12.6. The molecule has 2 fully saturated rings. The SMILES string of the molecule is CCCN(C1CCCCC1)[Si](OC)(OC)N(CCC)C1CCCCC1. The standard InChI is InChI=1S/C20H42N2O2Si/c1-5-17-21(19-13-9-7-10-14-19)25(23-3,24-4)22(18-6-2)20-15-11-8-12-16-20/h19-20H,5-18H2,1-4H3. The van der Waals surface area contributed by atoms with E-state index in [2.05, 4.69) is 23.0 Å². The lowest BCUT2D eigenvalue weighted by molar-refractivity contribution is 0.0429. The molecule has 148 valence electrons. The minimum Gasteiger partial charge on any atom is -0.374 e. The fraction of sp³-hybridized carbons (Fsp3) is 1.00. The summed E-state index contributed by atoms with van der Waals surface area (Å²) in [4.78, 5) is 0. The largest absolute Gasteiger partial charge is 0.522 e. The molecule has 2 aliphatic rings. The van der Waals surface area contributed by atoms with Crippen molar-refractivity contribution >= 4 is 8.88 Å². The predicted molar refractivity (Wildman–Crippen MR) is 108 cm³/mol.